The monoisotopic (exact) mass is 394 g/mol. The average Bonchev–Trinajstić information content (AvgIpc) is 2.11. The van der Waals surface area contributed by atoms with Gasteiger partial charge in [-0.05, 0) is 38.3 Å². The molecule has 0 aromatic carbocycles. The van der Waals surface area contributed by atoms with Gasteiger partial charge < -0.3 is 0 Å². The highest BCUT2D eigenvalue weighted by Gasteiger charge is 2.18. The summed E-state index contributed by atoms with van der Waals surface area (Å²) in [5, 5.41) is 0. The average molecular weight is 397 g/mol. The van der Waals surface area contributed by atoms with Gasteiger partial charge in [0, 0.05) is 0 Å². The quantitative estimate of drug-likeness (QED) is 0.485. The van der Waals surface area contributed by atoms with E-state index in [1.165, 1.54) is 0 Å². The van der Waals surface area contributed by atoms with Crippen molar-refractivity contribution in [2.24, 2.45) is 0 Å². The fourth-order valence-corrected chi connectivity index (χ4v) is 2.17. The molecule has 13 heavy (non-hydrogen) atoms. The summed E-state index contributed by atoms with van der Waals surface area (Å²) in [6.07, 6.45) is 2.95. The number of carbonyl (C=O) groups is 1. The summed E-state index contributed by atoms with van der Waals surface area (Å²) in [6.45, 7) is 2.09. The lowest BCUT2D eigenvalue weighted by molar-refractivity contribution is -0.114. The first-order chi connectivity index (χ1) is 6.00. The standard InChI is InChI=1S/C8H10Br3ClO/c1-2-3-4-5(9)7(13)6(10)8(11)12/h5H,2-4H2,1H3/b8-6-/t5-/m1/s1. The normalized spacial score (nSPS) is 15.2. The molecule has 1 nitrogen and oxygen atoms in total. The van der Waals surface area contributed by atoms with Crippen molar-refractivity contribution in [2.75, 3.05) is 0 Å². The molecule has 0 aromatic heterocycles. The number of ketones is 1. The topological polar surface area (TPSA) is 17.1 Å². The van der Waals surface area contributed by atoms with Gasteiger partial charge in [-0.1, -0.05) is 47.3 Å². The molecule has 0 bridgehead atoms. The van der Waals surface area contributed by atoms with Crippen molar-refractivity contribution >= 4 is 65.2 Å². The van der Waals surface area contributed by atoms with Crippen molar-refractivity contribution in [3.05, 3.63) is 8.42 Å². The van der Waals surface area contributed by atoms with Crippen molar-refractivity contribution < 1.29 is 4.79 Å². The molecule has 5 heteroatoms. The molecule has 1 atom stereocenters. The lowest BCUT2D eigenvalue weighted by Crippen LogP contribution is -2.13. The van der Waals surface area contributed by atoms with Gasteiger partial charge in [-0.15, -0.1) is 0 Å². The van der Waals surface area contributed by atoms with Crippen LogP contribution in [0.5, 0.6) is 0 Å². The van der Waals surface area contributed by atoms with Crippen LogP contribution in [0.15, 0.2) is 8.42 Å². The maximum Gasteiger partial charge on any atom is 0.185 e. The fourth-order valence-electron chi connectivity index (χ4n) is 0.745. The number of unbranched alkanes of at least 4 members (excludes halogenated alkanes) is 1. The lowest BCUT2D eigenvalue weighted by Gasteiger charge is -2.06. The summed E-state index contributed by atoms with van der Waals surface area (Å²) < 4.78 is 0.714. The molecule has 0 N–H and O–H groups in total. The predicted molar refractivity (Wildman–Crippen MR) is 68.0 cm³/mol. The smallest absolute Gasteiger partial charge is 0.185 e. The first kappa shape index (κ1) is 14.1. The Balaban J connectivity index is 4.19. The first-order valence-electron chi connectivity index (χ1n) is 3.89. The molecule has 0 heterocycles. The highest BCUT2D eigenvalue weighted by atomic mass is 79.9. The van der Waals surface area contributed by atoms with Gasteiger partial charge in [0.05, 0.1) is 9.31 Å². The Labute approximate surface area is 109 Å². The molecule has 0 fully saturated rings. The van der Waals surface area contributed by atoms with Crippen LogP contribution in [0.2, 0.25) is 0 Å². The Morgan fingerprint density at radius 2 is 2.00 bits per heavy atom. The summed E-state index contributed by atoms with van der Waals surface area (Å²) in [7, 11) is 0. The molecule has 0 aliphatic heterocycles. The highest BCUT2D eigenvalue weighted by Crippen LogP contribution is 2.26. The minimum atomic E-state index is -0.145. The van der Waals surface area contributed by atoms with E-state index in [9.17, 15) is 4.79 Å². The predicted octanol–water partition coefficient (Wildman–Crippen LogP) is 4.71. The number of carbonyl (C=O) groups excluding carboxylic acids is 1. The Bertz CT molecular complexity index is 211. The van der Waals surface area contributed by atoms with Gasteiger partial charge in [0.15, 0.2) is 5.78 Å². The second-order valence-electron chi connectivity index (χ2n) is 2.55. The number of Topliss-reactive ketones (excluding diaryl/α,β-unsaturated/α-hetero) is 1. The molecule has 0 saturated carbocycles. The third-order valence-electron chi connectivity index (χ3n) is 1.48. The maximum absolute atomic E-state index is 11.5. The number of hydrogen-bond donors (Lipinski definition) is 0. The fraction of sp³-hybridized carbons (Fsp3) is 0.625. The maximum atomic E-state index is 11.5. The van der Waals surface area contributed by atoms with E-state index in [-0.39, 0.29) is 10.6 Å². The molecule has 0 aromatic rings. The van der Waals surface area contributed by atoms with Crippen LogP contribution in [-0.2, 0) is 4.79 Å². The van der Waals surface area contributed by atoms with Gasteiger partial charge in [0.25, 0.3) is 0 Å². The van der Waals surface area contributed by atoms with Gasteiger partial charge in [-0.3, -0.25) is 4.79 Å². The number of rotatable bonds is 5. The van der Waals surface area contributed by atoms with Crippen LogP contribution in [-0.4, -0.2) is 10.6 Å². The van der Waals surface area contributed by atoms with Crippen LogP contribution in [0.25, 0.3) is 0 Å². The summed E-state index contributed by atoms with van der Waals surface area (Å²) >= 11 is 15.1. The number of halogens is 4. The van der Waals surface area contributed by atoms with Crippen LogP contribution in [0.4, 0.5) is 0 Å². The van der Waals surface area contributed by atoms with E-state index in [4.69, 9.17) is 11.6 Å². The van der Waals surface area contributed by atoms with Crippen molar-refractivity contribution in [3.63, 3.8) is 0 Å². The van der Waals surface area contributed by atoms with Crippen molar-refractivity contribution in [3.8, 4) is 0 Å². The molecule has 0 amide bonds. The largest absolute Gasteiger partial charge is 0.292 e. The van der Waals surface area contributed by atoms with E-state index in [1.54, 1.807) is 0 Å². The minimum Gasteiger partial charge on any atom is -0.292 e. The number of alkyl halides is 1. The molecule has 76 valence electrons. The second-order valence-corrected chi connectivity index (χ2v) is 6.07. The minimum absolute atomic E-state index is 0.0182. The zero-order valence-electron chi connectivity index (χ0n) is 7.12. The molecule has 0 saturated heterocycles. The molecular weight excluding hydrogens is 387 g/mol. The molecule has 0 aliphatic rings. The Kier molecular flexibility index (Phi) is 8.09. The lowest BCUT2D eigenvalue weighted by atomic mass is 10.1. The van der Waals surface area contributed by atoms with Crippen molar-refractivity contribution in [1.82, 2.24) is 0 Å². The SMILES string of the molecule is CCCC[C@@H](Br)C(=O)/C(Br)=C(/Cl)Br. The van der Waals surface area contributed by atoms with Gasteiger partial charge in [-0.25, -0.2) is 0 Å². The highest BCUT2D eigenvalue weighted by molar-refractivity contribution is 9.15. The summed E-state index contributed by atoms with van der Waals surface area (Å²) in [6, 6.07) is 0. The summed E-state index contributed by atoms with van der Waals surface area (Å²) in [4.78, 5) is 11.4. The van der Waals surface area contributed by atoms with E-state index < -0.39 is 0 Å². The number of hydrogen-bond acceptors (Lipinski definition) is 1. The third-order valence-corrected chi connectivity index (χ3v) is 4.48. The third kappa shape index (κ3) is 5.55. The van der Waals surface area contributed by atoms with E-state index in [0.717, 1.165) is 19.3 Å². The summed E-state index contributed by atoms with van der Waals surface area (Å²) in [5.74, 6) is -0.0182. The zero-order valence-corrected chi connectivity index (χ0v) is 12.6. The van der Waals surface area contributed by atoms with E-state index >= 15 is 0 Å². The summed E-state index contributed by atoms with van der Waals surface area (Å²) in [5.41, 5.74) is 0. The van der Waals surface area contributed by atoms with Gasteiger partial charge in [0.1, 0.15) is 3.94 Å². The second kappa shape index (κ2) is 7.43. The molecule has 0 rings (SSSR count). The van der Waals surface area contributed by atoms with Gasteiger partial charge >= 0.3 is 0 Å². The molecule has 0 aliphatic carbocycles. The van der Waals surface area contributed by atoms with Gasteiger partial charge in [-0.2, -0.15) is 0 Å². The van der Waals surface area contributed by atoms with Crippen LogP contribution in [0, 0.1) is 0 Å². The van der Waals surface area contributed by atoms with E-state index in [2.05, 4.69) is 54.7 Å². The zero-order chi connectivity index (χ0) is 10.4. The van der Waals surface area contributed by atoms with E-state index in [0.29, 0.717) is 8.42 Å². The molecule has 0 spiro atoms. The Morgan fingerprint density at radius 1 is 1.46 bits per heavy atom. The van der Waals surface area contributed by atoms with Crippen molar-refractivity contribution in [2.45, 2.75) is 31.0 Å². The van der Waals surface area contributed by atoms with Crippen LogP contribution in [0.1, 0.15) is 26.2 Å². The number of allylic oxidation sites excluding steroid dienone is 1. The Hall–Kier alpha value is 1.14. The molecular formula is C8H10Br3ClO. The van der Waals surface area contributed by atoms with Crippen LogP contribution >= 0.6 is 59.4 Å². The van der Waals surface area contributed by atoms with Crippen molar-refractivity contribution in [1.29, 1.82) is 0 Å². The first-order valence-corrected chi connectivity index (χ1v) is 6.77. The van der Waals surface area contributed by atoms with Gasteiger partial charge in [0.2, 0.25) is 0 Å². The Morgan fingerprint density at radius 3 is 2.38 bits per heavy atom. The van der Waals surface area contributed by atoms with Crippen LogP contribution < -0.4 is 0 Å². The molecule has 0 radical (unpaired) electrons. The molecule has 0 unspecified atom stereocenters. The van der Waals surface area contributed by atoms with Crippen LogP contribution in [0.3, 0.4) is 0 Å². The van der Waals surface area contributed by atoms with E-state index in [1.807, 2.05) is 0 Å².